The van der Waals surface area contributed by atoms with Crippen LogP contribution in [0.15, 0.2) is 84.9 Å². The van der Waals surface area contributed by atoms with Crippen molar-refractivity contribution in [2.24, 2.45) is 0 Å². The third kappa shape index (κ3) is 7.15. The van der Waals surface area contributed by atoms with E-state index >= 15 is 0 Å². The first-order chi connectivity index (χ1) is 18.6. The lowest BCUT2D eigenvalue weighted by Crippen LogP contribution is -2.30. The third-order valence-corrected chi connectivity index (χ3v) is 5.28. The molecule has 4 N–H and O–H groups in total. The molecule has 4 rings (SSSR count). The quantitative estimate of drug-likeness (QED) is 0.169. The van der Waals surface area contributed by atoms with E-state index < -0.39 is 24.2 Å². The Hall–Kier alpha value is -4.74. The number of amides is 2. The van der Waals surface area contributed by atoms with E-state index in [-0.39, 0.29) is 20.0 Å². The van der Waals surface area contributed by atoms with Crippen molar-refractivity contribution in [1.29, 1.82) is 0 Å². The summed E-state index contributed by atoms with van der Waals surface area (Å²) in [4.78, 5) is 24.7. The zero-order valence-electron chi connectivity index (χ0n) is 20.1. The highest BCUT2D eigenvalue weighted by Crippen LogP contribution is 2.35. The maximum absolute atomic E-state index is 13.0. The van der Waals surface area contributed by atoms with Crippen LogP contribution in [0.2, 0.25) is 0 Å². The van der Waals surface area contributed by atoms with Crippen LogP contribution in [0.1, 0.15) is 11.7 Å². The number of aliphatic hydroxyl groups excluding tert-OH is 1. The van der Waals surface area contributed by atoms with Gasteiger partial charge in [0.05, 0.1) is 6.61 Å². The molecule has 0 spiro atoms. The van der Waals surface area contributed by atoms with Gasteiger partial charge in [-0.15, -0.1) is 0 Å². The summed E-state index contributed by atoms with van der Waals surface area (Å²) in [6, 6.07) is 20.3. The molecule has 0 aliphatic carbocycles. The Bertz CT molecular complexity index is 1250. The smallest absolute Gasteiger partial charge is 0.412 e. The number of rotatable bonds is 11. The van der Waals surface area contributed by atoms with Gasteiger partial charge >= 0.3 is 6.09 Å². The van der Waals surface area contributed by atoms with E-state index in [2.05, 4.69) is 5.32 Å². The Morgan fingerprint density at radius 2 is 1.74 bits per heavy atom. The van der Waals surface area contributed by atoms with Crippen LogP contribution in [0.4, 0.5) is 10.5 Å². The Kier molecular flexibility index (Phi) is 9.00. The number of hydrogen-bond acceptors (Lipinski definition) is 9. The second-order valence-electron chi connectivity index (χ2n) is 7.89. The Morgan fingerprint density at radius 1 is 0.974 bits per heavy atom. The summed E-state index contributed by atoms with van der Waals surface area (Å²) < 4.78 is 27.9. The molecule has 1 aliphatic heterocycles. The number of para-hydroxylation sites is 1. The van der Waals surface area contributed by atoms with E-state index in [1.54, 1.807) is 66.7 Å². The molecule has 11 nitrogen and oxygen atoms in total. The lowest BCUT2D eigenvalue weighted by molar-refractivity contribution is -0.124. The zero-order chi connectivity index (χ0) is 26.7. The molecule has 2 amide bonds. The number of anilines is 1. The third-order valence-electron chi connectivity index (χ3n) is 5.28. The number of aliphatic hydroxyl groups is 1. The highest BCUT2D eigenvalue weighted by atomic mass is 16.7. The van der Waals surface area contributed by atoms with Crippen LogP contribution in [0.3, 0.4) is 0 Å². The minimum atomic E-state index is -1.04. The molecule has 0 saturated heterocycles. The second kappa shape index (κ2) is 13.0. The molecule has 1 aliphatic rings. The molecule has 38 heavy (non-hydrogen) atoms. The number of carbonyl (C=O) groups excluding carboxylic acids is 2. The van der Waals surface area contributed by atoms with Gasteiger partial charge in [0.15, 0.2) is 23.7 Å². The predicted molar refractivity (Wildman–Crippen MR) is 134 cm³/mol. The van der Waals surface area contributed by atoms with Crippen molar-refractivity contribution < 1.29 is 43.6 Å². The summed E-state index contributed by atoms with van der Waals surface area (Å²) in [7, 11) is 0. The number of fused-ring (bicyclic) bond motifs is 1. The SMILES string of the molecule is O=C(/C=C/[C@@H](Oc1ccccc1)[C@H](OC(=O)Nc1ccc2c(c1)OCO2)c1ccc(OCCO)cc1)NO. The van der Waals surface area contributed by atoms with E-state index in [1.165, 1.54) is 11.6 Å². The molecule has 1 heterocycles. The molecule has 3 aromatic rings. The van der Waals surface area contributed by atoms with Gasteiger partial charge in [-0.05, 0) is 48.0 Å². The van der Waals surface area contributed by atoms with Crippen molar-refractivity contribution in [2.45, 2.75) is 12.2 Å². The molecule has 0 unspecified atom stereocenters. The van der Waals surface area contributed by atoms with Gasteiger partial charge in [0.2, 0.25) is 6.79 Å². The number of ether oxygens (including phenoxy) is 5. The average Bonchev–Trinajstić information content (AvgIpc) is 3.41. The first kappa shape index (κ1) is 26.3. The van der Waals surface area contributed by atoms with Crippen LogP contribution in [0.25, 0.3) is 0 Å². The van der Waals surface area contributed by atoms with Crippen LogP contribution in [0.5, 0.6) is 23.0 Å². The number of hydrogen-bond donors (Lipinski definition) is 4. The van der Waals surface area contributed by atoms with Crippen molar-refractivity contribution in [3.63, 3.8) is 0 Å². The first-order valence-electron chi connectivity index (χ1n) is 11.6. The van der Waals surface area contributed by atoms with Crippen molar-refractivity contribution in [2.75, 3.05) is 25.3 Å². The van der Waals surface area contributed by atoms with Gasteiger partial charge < -0.3 is 28.8 Å². The predicted octanol–water partition coefficient (Wildman–Crippen LogP) is 3.59. The number of hydroxylamine groups is 1. The van der Waals surface area contributed by atoms with E-state index in [9.17, 15) is 9.59 Å². The maximum atomic E-state index is 13.0. The lowest BCUT2D eigenvalue weighted by atomic mass is 10.0. The largest absolute Gasteiger partial charge is 0.491 e. The van der Waals surface area contributed by atoms with Crippen molar-refractivity contribution in [3.05, 3.63) is 90.5 Å². The van der Waals surface area contributed by atoms with Gasteiger partial charge in [-0.1, -0.05) is 30.3 Å². The van der Waals surface area contributed by atoms with Crippen LogP contribution in [0, 0.1) is 0 Å². The summed E-state index contributed by atoms with van der Waals surface area (Å²) in [6.07, 6.45) is -0.387. The fourth-order valence-electron chi connectivity index (χ4n) is 3.56. The zero-order valence-corrected chi connectivity index (χ0v) is 20.1. The van der Waals surface area contributed by atoms with Gasteiger partial charge in [0.25, 0.3) is 5.91 Å². The molecule has 0 bridgehead atoms. The molecule has 0 saturated carbocycles. The molecular formula is C27H26N2O9. The normalized spacial score (nSPS) is 13.4. The van der Waals surface area contributed by atoms with Gasteiger partial charge in [0.1, 0.15) is 18.1 Å². The summed E-state index contributed by atoms with van der Waals surface area (Å²) in [5.41, 5.74) is 2.47. The van der Waals surface area contributed by atoms with Crippen molar-refractivity contribution in [3.8, 4) is 23.0 Å². The summed E-state index contributed by atoms with van der Waals surface area (Å²) >= 11 is 0. The number of benzene rings is 3. The number of nitrogens with one attached hydrogen (secondary N) is 2. The summed E-state index contributed by atoms with van der Waals surface area (Å²) in [5, 5.41) is 20.6. The Balaban J connectivity index is 1.61. The van der Waals surface area contributed by atoms with Crippen LogP contribution in [-0.4, -0.2) is 48.4 Å². The monoisotopic (exact) mass is 522 g/mol. The Morgan fingerprint density at radius 3 is 2.47 bits per heavy atom. The summed E-state index contributed by atoms with van der Waals surface area (Å²) in [5.74, 6) is 1.22. The van der Waals surface area contributed by atoms with Crippen molar-refractivity contribution >= 4 is 17.7 Å². The lowest BCUT2D eigenvalue weighted by Gasteiger charge is -2.26. The molecule has 0 aromatic heterocycles. The molecule has 11 heteroatoms. The van der Waals surface area contributed by atoms with E-state index in [1.807, 2.05) is 6.07 Å². The van der Waals surface area contributed by atoms with Gasteiger partial charge in [0, 0.05) is 17.8 Å². The standard InChI is InChI=1S/C27H26N2O9/c30-14-15-34-20-9-6-18(7-10-20)26(23(12-13-25(31)29-33)37-21-4-2-1-3-5-21)38-27(32)28-19-8-11-22-24(16-19)36-17-35-22/h1-13,16,23,26,30,33H,14-15,17H2,(H,28,32)(H,29,31)/b13-12+/t23-,26-/m1/s1. The molecular weight excluding hydrogens is 496 g/mol. The molecule has 0 fully saturated rings. The fourth-order valence-corrected chi connectivity index (χ4v) is 3.56. The van der Waals surface area contributed by atoms with Crippen LogP contribution in [-0.2, 0) is 9.53 Å². The topological polar surface area (TPSA) is 145 Å². The van der Waals surface area contributed by atoms with E-state index in [0.29, 0.717) is 34.2 Å². The van der Waals surface area contributed by atoms with Gasteiger partial charge in [-0.25, -0.2) is 10.3 Å². The molecule has 2 atom stereocenters. The van der Waals surface area contributed by atoms with E-state index in [4.69, 9.17) is 34.0 Å². The van der Waals surface area contributed by atoms with E-state index in [0.717, 1.165) is 6.08 Å². The molecule has 0 radical (unpaired) electrons. The maximum Gasteiger partial charge on any atom is 0.412 e. The minimum Gasteiger partial charge on any atom is -0.491 e. The van der Waals surface area contributed by atoms with Gasteiger partial charge in [-0.3, -0.25) is 15.3 Å². The fraction of sp³-hybridized carbons (Fsp3) is 0.185. The highest BCUT2D eigenvalue weighted by Gasteiger charge is 2.28. The number of carbonyl (C=O) groups is 2. The van der Waals surface area contributed by atoms with Gasteiger partial charge in [-0.2, -0.15) is 0 Å². The van der Waals surface area contributed by atoms with Crippen LogP contribution < -0.4 is 29.7 Å². The minimum absolute atomic E-state index is 0.0928. The highest BCUT2D eigenvalue weighted by molar-refractivity contribution is 5.87. The molecule has 198 valence electrons. The average molecular weight is 523 g/mol. The Labute approximate surface area is 218 Å². The second-order valence-corrected chi connectivity index (χ2v) is 7.89. The first-order valence-corrected chi connectivity index (χ1v) is 11.6. The summed E-state index contributed by atoms with van der Waals surface area (Å²) in [6.45, 7) is 0.0732. The van der Waals surface area contributed by atoms with Crippen LogP contribution >= 0.6 is 0 Å². The van der Waals surface area contributed by atoms with Crippen molar-refractivity contribution in [1.82, 2.24) is 5.48 Å². The molecule has 3 aromatic carbocycles.